The van der Waals surface area contributed by atoms with Crippen LogP contribution in [0, 0.1) is 5.92 Å². The summed E-state index contributed by atoms with van der Waals surface area (Å²) >= 11 is 8.26. The van der Waals surface area contributed by atoms with Gasteiger partial charge in [0.15, 0.2) is 0 Å². The molecule has 0 spiro atoms. The van der Waals surface area contributed by atoms with E-state index in [1.54, 1.807) is 30.1 Å². The lowest BCUT2D eigenvalue weighted by Crippen LogP contribution is -2.16. The Kier molecular flexibility index (Phi) is 18.0. The summed E-state index contributed by atoms with van der Waals surface area (Å²) in [6, 6.07) is 7.11. The van der Waals surface area contributed by atoms with E-state index >= 15 is 0 Å². The number of aliphatic hydroxyl groups is 1. The van der Waals surface area contributed by atoms with Crippen molar-refractivity contribution < 1.29 is 18.3 Å². The molecule has 0 amide bonds. The summed E-state index contributed by atoms with van der Waals surface area (Å²) in [5.41, 5.74) is 3.78. The molecule has 0 aliphatic heterocycles. The van der Waals surface area contributed by atoms with Crippen molar-refractivity contribution in [2.45, 2.75) is 74.7 Å². The van der Waals surface area contributed by atoms with Crippen LogP contribution in [0.5, 0.6) is 0 Å². The molecule has 0 bridgehead atoms. The third kappa shape index (κ3) is 13.9. The van der Waals surface area contributed by atoms with Crippen molar-refractivity contribution in [1.29, 1.82) is 0 Å². The van der Waals surface area contributed by atoms with E-state index in [1.165, 1.54) is 12.0 Å². The number of hydrogen-bond acceptors (Lipinski definition) is 8. The van der Waals surface area contributed by atoms with Crippen molar-refractivity contribution in [3.63, 3.8) is 0 Å². The highest BCUT2D eigenvalue weighted by Gasteiger charge is 2.18. The highest BCUT2D eigenvalue weighted by Crippen LogP contribution is 2.42. The summed E-state index contributed by atoms with van der Waals surface area (Å²) in [5, 5.41) is 12.4. The van der Waals surface area contributed by atoms with Crippen molar-refractivity contribution in [1.82, 2.24) is 9.97 Å². The molecular weight excluding hydrogens is 592 g/mol. The van der Waals surface area contributed by atoms with Crippen LogP contribution in [-0.2, 0) is 14.8 Å². The zero-order valence-electron chi connectivity index (χ0n) is 26.4. The molecule has 0 aliphatic rings. The maximum atomic E-state index is 12.3. The Labute approximate surface area is 262 Å². The number of anilines is 2. The quantitative estimate of drug-likeness (QED) is 0.158. The number of nitrogens with one attached hydrogen (secondary N) is 2. The van der Waals surface area contributed by atoms with Gasteiger partial charge < -0.3 is 15.2 Å². The molecule has 42 heavy (non-hydrogen) atoms. The monoisotopic (exact) mass is 640 g/mol. The summed E-state index contributed by atoms with van der Waals surface area (Å²) < 4.78 is 32.5. The van der Waals surface area contributed by atoms with E-state index in [2.05, 4.69) is 40.8 Å². The van der Waals surface area contributed by atoms with Gasteiger partial charge in [-0.3, -0.25) is 4.72 Å². The van der Waals surface area contributed by atoms with Crippen LogP contribution in [0.15, 0.2) is 40.9 Å². The molecule has 2 rings (SSSR count). The van der Waals surface area contributed by atoms with E-state index in [1.807, 2.05) is 46.8 Å². The Bertz CT molecular complexity index is 1280. The molecule has 1 aromatic carbocycles. The van der Waals surface area contributed by atoms with E-state index in [0.29, 0.717) is 40.9 Å². The average molecular weight is 641 g/mol. The van der Waals surface area contributed by atoms with E-state index in [-0.39, 0.29) is 12.4 Å². The van der Waals surface area contributed by atoms with Crippen LogP contribution in [0.25, 0.3) is 10.5 Å². The first-order valence-corrected chi connectivity index (χ1v) is 17.3. The Morgan fingerprint density at radius 1 is 1.10 bits per heavy atom. The van der Waals surface area contributed by atoms with Crippen molar-refractivity contribution in [2.24, 2.45) is 5.92 Å². The van der Waals surface area contributed by atoms with Gasteiger partial charge in [-0.15, -0.1) is 0 Å². The highest BCUT2D eigenvalue weighted by atomic mass is 35.5. The largest absolute Gasteiger partial charge is 0.395 e. The molecule has 3 N–H and O–H groups in total. The highest BCUT2D eigenvalue weighted by molar-refractivity contribution is 8.12. The number of sulfonamides is 1. The number of aliphatic hydroxyl groups excluding tert-OH is 1. The minimum atomic E-state index is -3.48. The Hall–Kier alpha value is -2.11. The van der Waals surface area contributed by atoms with Gasteiger partial charge in [-0.05, 0) is 81.0 Å². The normalized spacial score (nSPS) is 11.9. The third-order valence-electron chi connectivity index (χ3n) is 5.91. The van der Waals surface area contributed by atoms with Crippen molar-refractivity contribution >= 4 is 55.5 Å². The van der Waals surface area contributed by atoms with Crippen molar-refractivity contribution in [3.05, 3.63) is 57.2 Å². The number of thioether (sulfide) groups is 1. The smallest absolute Gasteiger partial charge is 0.232 e. The van der Waals surface area contributed by atoms with Gasteiger partial charge in [-0.25, -0.2) is 18.4 Å². The van der Waals surface area contributed by atoms with Gasteiger partial charge in [0.1, 0.15) is 0 Å². The fourth-order valence-corrected chi connectivity index (χ4v) is 5.90. The lowest BCUT2D eigenvalue weighted by Gasteiger charge is -2.17. The summed E-state index contributed by atoms with van der Waals surface area (Å²) in [5.74, 6) is 1.21. The van der Waals surface area contributed by atoms with Crippen LogP contribution in [0.2, 0.25) is 5.02 Å². The molecule has 236 valence electrons. The number of halogens is 1. The van der Waals surface area contributed by atoms with E-state index in [0.717, 1.165) is 40.9 Å². The molecule has 0 unspecified atom stereocenters. The number of rotatable bonds is 16. The Morgan fingerprint density at radius 2 is 1.81 bits per heavy atom. The molecule has 0 fully saturated rings. The summed E-state index contributed by atoms with van der Waals surface area (Å²) in [4.78, 5) is 10.8. The Balaban J connectivity index is 0.000000844. The van der Waals surface area contributed by atoms with Gasteiger partial charge >= 0.3 is 0 Å². The molecule has 2 aromatic rings. The molecule has 0 saturated heterocycles. The minimum absolute atomic E-state index is 0.0216. The van der Waals surface area contributed by atoms with Gasteiger partial charge in [0.25, 0.3) is 0 Å². The van der Waals surface area contributed by atoms with E-state index in [9.17, 15) is 8.42 Å². The second kappa shape index (κ2) is 20.0. The first-order valence-electron chi connectivity index (χ1n) is 14.4. The fraction of sp³-hybridized carbons (Fsp3) is 0.548. The fourth-order valence-electron chi connectivity index (χ4n) is 3.39. The van der Waals surface area contributed by atoms with Crippen molar-refractivity contribution in [3.8, 4) is 0 Å². The molecule has 8 nitrogen and oxygen atoms in total. The van der Waals surface area contributed by atoms with Gasteiger partial charge in [-0.1, -0.05) is 68.8 Å². The molecular formula is C31H49ClN4O4S2. The molecule has 0 radical (unpaired) electrons. The van der Waals surface area contributed by atoms with Crippen LogP contribution >= 0.6 is 23.4 Å². The number of benzene rings is 1. The first kappa shape index (κ1) is 37.9. The molecule has 0 aliphatic carbocycles. The van der Waals surface area contributed by atoms with Crippen LogP contribution < -0.4 is 10.0 Å². The summed E-state index contributed by atoms with van der Waals surface area (Å²) in [6.07, 6.45) is 4.50. The maximum absolute atomic E-state index is 12.3. The van der Waals surface area contributed by atoms with E-state index < -0.39 is 10.0 Å². The van der Waals surface area contributed by atoms with Crippen LogP contribution in [0.4, 0.5) is 11.6 Å². The standard InChI is InChI=1S/C23H31ClN4O3S2.C8H18O/c1-6-14-33(30,31)28-19-9-7-8-18(21(19)24)16(4)22(32-17(5)15(2)3)20-10-11-25-23(27-20)26-12-13-29;1-4-6-9-7-5-8(2)3/h7-11,28-29H,6,12-14H2,1-5H3,(H,25,26,27);8H,4-7H2,1-3H3/b22-16+;. The topological polar surface area (TPSA) is 113 Å². The average Bonchev–Trinajstić information content (AvgIpc) is 2.93. The maximum Gasteiger partial charge on any atom is 0.232 e. The second-order valence-electron chi connectivity index (χ2n) is 10.4. The number of nitrogens with zero attached hydrogens (tertiary/aromatic N) is 2. The number of ether oxygens (including phenoxy) is 1. The predicted octanol–water partition coefficient (Wildman–Crippen LogP) is 8.08. The zero-order valence-corrected chi connectivity index (χ0v) is 28.8. The number of allylic oxidation sites excluding steroid dienone is 3. The molecule has 1 aromatic heterocycles. The third-order valence-corrected chi connectivity index (χ3v) is 9.23. The molecule has 11 heteroatoms. The van der Waals surface area contributed by atoms with Crippen LogP contribution in [-0.4, -0.2) is 55.6 Å². The van der Waals surface area contributed by atoms with Gasteiger partial charge in [0.2, 0.25) is 16.0 Å². The lowest BCUT2D eigenvalue weighted by atomic mass is 10.1. The second-order valence-corrected chi connectivity index (χ2v) is 13.9. The zero-order chi connectivity index (χ0) is 31.7. The summed E-state index contributed by atoms with van der Waals surface area (Å²) in [6.45, 7) is 18.6. The lowest BCUT2D eigenvalue weighted by molar-refractivity contribution is 0.124. The molecule has 0 saturated carbocycles. The molecule has 0 atom stereocenters. The SMILES string of the molecule is CCCOCCC(C)C.CCCS(=O)(=O)Nc1cccc(/C(C)=C(/SC(C)=C(C)C)c2ccnc(NCCO)n2)c1Cl. The van der Waals surface area contributed by atoms with Gasteiger partial charge in [0.05, 0.1) is 28.8 Å². The summed E-state index contributed by atoms with van der Waals surface area (Å²) in [7, 11) is -3.48. The van der Waals surface area contributed by atoms with Crippen molar-refractivity contribution in [2.75, 3.05) is 42.2 Å². The predicted molar refractivity (Wildman–Crippen MR) is 181 cm³/mol. The minimum Gasteiger partial charge on any atom is -0.395 e. The molecule has 1 heterocycles. The van der Waals surface area contributed by atoms with E-state index in [4.69, 9.17) is 21.4 Å². The number of hydrogen-bond donors (Lipinski definition) is 3. The number of aromatic nitrogens is 2. The van der Waals surface area contributed by atoms with Gasteiger partial charge in [-0.2, -0.15) is 0 Å². The van der Waals surface area contributed by atoms with Crippen LogP contribution in [0.3, 0.4) is 0 Å². The van der Waals surface area contributed by atoms with Crippen LogP contribution in [0.1, 0.15) is 85.9 Å². The first-order chi connectivity index (χ1) is 19.9. The van der Waals surface area contributed by atoms with Gasteiger partial charge in [0, 0.05) is 30.9 Å². The Morgan fingerprint density at radius 3 is 2.40 bits per heavy atom.